The van der Waals surface area contributed by atoms with Crippen molar-refractivity contribution in [3.05, 3.63) is 94.3 Å². The summed E-state index contributed by atoms with van der Waals surface area (Å²) in [7, 11) is 0. The molecule has 142 valence electrons. The van der Waals surface area contributed by atoms with E-state index in [9.17, 15) is 9.90 Å². The number of nitrogens with one attached hydrogen (secondary N) is 1. The SMILES string of the molecule is Nc1ccc2oc3c(Cc4ccc(O)cc4)[nH]c(-c4ccccc4)c3c(=O)c2c1. The lowest BCUT2D eigenvalue weighted by atomic mass is 10.1. The summed E-state index contributed by atoms with van der Waals surface area (Å²) < 4.78 is 6.18. The van der Waals surface area contributed by atoms with E-state index in [0.29, 0.717) is 34.0 Å². The van der Waals surface area contributed by atoms with Gasteiger partial charge in [-0.25, -0.2) is 0 Å². The van der Waals surface area contributed by atoms with Crippen LogP contribution in [0.25, 0.3) is 33.2 Å². The first-order chi connectivity index (χ1) is 14.1. The number of nitrogen functional groups attached to an aromatic ring is 1. The summed E-state index contributed by atoms with van der Waals surface area (Å²) >= 11 is 0. The minimum absolute atomic E-state index is 0.111. The molecule has 0 spiro atoms. The molecule has 5 nitrogen and oxygen atoms in total. The lowest BCUT2D eigenvalue weighted by Gasteiger charge is -2.03. The Labute approximate surface area is 166 Å². The molecule has 0 bridgehead atoms. The maximum Gasteiger partial charge on any atom is 0.202 e. The van der Waals surface area contributed by atoms with Gasteiger partial charge in [0.25, 0.3) is 0 Å². The van der Waals surface area contributed by atoms with Crippen LogP contribution in [0.3, 0.4) is 0 Å². The predicted octanol–water partition coefficient (Wildman–Crippen LogP) is 4.82. The molecule has 0 saturated carbocycles. The maximum absolute atomic E-state index is 13.4. The van der Waals surface area contributed by atoms with E-state index in [4.69, 9.17) is 10.2 Å². The van der Waals surface area contributed by atoms with Gasteiger partial charge in [-0.05, 0) is 41.5 Å². The molecule has 0 radical (unpaired) electrons. The lowest BCUT2D eigenvalue weighted by Crippen LogP contribution is -2.03. The minimum atomic E-state index is -0.111. The van der Waals surface area contributed by atoms with Crippen molar-refractivity contribution in [2.24, 2.45) is 0 Å². The smallest absolute Gasteiger partial charge is 0.202 e. The number of aromatic amines is 1. The van der Waals surface area contributed by atoms with E-state index < -0.39 is 0 Å². The van der Waals surface area contributed by atoms with Crippen LogP contribution in [0.5, 0.6) is 5.75 Å². The van der Waals surface area contributed by atoms with Crippen LogP contribution in [0.1, 0.15) is 11.3 Å². The number of fused-ring (bicyclic) bond motifs is 2. The molecular formula is C24H18N2O3. The molecule has 5 aromatic rings. The Kier molecular flexibility index (Phi) is 3.88. The largest absolute Gasteiger partial charge is 0.508 e. The number of anilines is 1. The Balaban J connectivity index is 1.81. The molecule has 0 amide bonds. The van der Waals surface area contributed by atoms with Gasteiger partial charge in [0.15, 0.2) is 5.58 Å². The molecule has 3 aromatic carbocycles. The number of hydrogen-bond acceptors (Lipinski definition) is 4. The number of hydrogen-bond donors (Lipinski definition) is 3. The molecule has 0 aliphatic heterocycles. The van der Waals surface area contributed by atoms with Gasteiger partial charge >= 0.3 is 0 Å². The van der Waals surface area contributed by atoms with Gasteiger partial charge in [-0.1, -0.05) is 42.5 Å². The molecule has 0 unspecified atom stereocenters. The van der Waals surface area contributed by atoms with Crippen LogP contribution in [0.15, 0.2) is 82.0 Å². The van der Waals surface area contributed by atoms with Crippen molar-refractivity contribution in [3.63, 3.8) is 0 Å². The zero-order valence-corrected chi connectivity index (χ0v) is 15.5. The van der Waals surface area contributed by atoms with Gasteiger partial charge in [0, 0.05) is 12.1 Å². The third-order valence-corrected chi connectivity index (χ3v) is 5.09. The minimum Gasteiger partial charge on any atom is -0.508 e. The van der Waals surface area contributed by atoms with Gasteiger partial charge in [-0.15, -0.1) is 0 Å². The first-order valence-electron chi connectivity index (χ1n) is 9.30. The van der Waals surface area contributed by atoms with Crippen LogP contribution in [-0.4, -0.2) is 10.1 Å². The number of benzene rings is 3. The number of phenolic OH excluding ortho intramolecular Hbond substituents is 1. The van der Waals surface area contributed by atoms with Gasteiger partial charge in [0.2, 0.25) is 5.43 Å². The van der Waals surface area contributed by atoms with Gasteiger partial charge in [0.1, 0.15) is 11.3 Å². The molecule has 4 N–H and O–H groups in total. The molecule has 2 heterocycles. The Bertz CT molecular complexity index is 1400. The summed E-state index contributed by atoms with van der Waals surface area (Å²) in [4.78, 5) is 16.8. The molecule has 0 fully saturated rings. The number of aromatic hydroxyl groups is 1. The van der Waals surface area contributed by atoms with Crippen LogP contribution < -0.4 is 11.2 Å². The highest BCUT2D eigenvalue weighted by atomic mass is 16.3. The van der Waals surface area contributed by atoms with E-state index in [1.807, 2.05) is 42.5 Å². The summed E-state index contributed by atoms with van der Waals surface area (Å²) in [6, 6.07) is 21.8. The fourth-order valence-electron chi connectivity index (χ4n) is 3.69. The predicted molar refractivity (Wildman–Crippen MR) is 115 cm³/mol. The van der Waals surface area contributed by atoms with E-state index in [0.717, 1.165) is 22.5 Å². The first-order valence-corrected chi connectivity index (χ1v) is 9.30. The maximum atomic E-state index is 13.4. The molecular weight excluding hydrogens is 364 g/mol. The Morgan fingerprint density at radius 2 is 1.72 bits per heavy atom. The molecule has 0 aliphatic rings. The molecule has 5 rings (SSSR count). The van der Waals surface area contributed by atoms with Crippen LogP contribution >= 0.6 is 0 Å². The Morgan fingerprint density at radius 1 is 0.966 bits per heavy atom. The summed E-state index contributed by atoms with van der Waals surface area (Å²) in [6.45, 7) is 0. The number of H-pyrrole nitrogens is 1. The first kappa shape index (κ1) is 17.1. The molecule has 2 aromatic heterocycles. The van der Waals surface area contributed by atoms with Crippen LogP contribution in [0, 0.1) is 0 Å². The fraction of sp³-hybridized carbons (Fsp3) is 0.0417. The third-order valence-electron chi connectivity index (χ3n) is 5.09. The summed E-state index contributed by atoms with van der Waals surface area (Å²) in [5.74, 6) is 0.213. The standard InChI is InChI=1S/C24H18N2O3/c25-16-8-11-20-18(13-16)23(28)21-22(15-4-2-1-3-5-15)26-19(24(21)29-20)12-14-6-9-17(27)10-7-14/h1-11,13,26-27H,12,25H2. The van der Waals surface area contributed by atoms with Gasteiger partial charge < -0.3 is 20.2 Å². The molecule has 0 saturated heterocycles. The molecule has 0 aliphatic carbocycles. The monoisotopic (exact) mass is 382 g/mol. The lowest BCUT2D eigenvalue weighted by molar-refractivity contribution is 0.475. The molecule has 0 atom stereocenters. The number of rotatable bonds is 3. The third kappa shape index (κ3) is 2.93. The van der Waals surface area contributed by atoms with Crippen molar-refractivity contribution in [2.75, 3.05) is 5.73 Å². The fourth-order valence-corrected chi connectivity index (χ4v) is 3.69. The van der Waals surface area contributed by atoms with Crippen LogP contribution in [0.2, 0.25) is 0 Å². The van der Waals surface area contributed by atoms with Gasteiger partial charge in [0.05, 0.1) is 22.2 Å². The second-order valence-electron chi connectivity index (χ2n) is 7.08. The van der Waals surface area contributed by atoms with Gasteiger partial charge in [-0.2, -0.15) is 0 Å². The average molecular weight is 382 g/mol. The van der Waals surface area contributed by atoms with E-state index >= 15 is 0 Å². The second kappa shape index (κ2) is 6.56. The van der Waals surface area contributed by atoms with E-state index in [2.05, 4.69) is 4.98 Å². The normalized spacial score (nSPS) is 11.3. The topological polar surface area (TPSA) is 92.2 Å². The highest BCUT2D eigenvalue weighted by Gasteiger charge is 2.20. The quantitative estimate of drug-likeness (QED) is 0.390. The molecule has 29 heavy (non-hydrogen) atoms. The van der Waals surface area contributed by atoms with Crippen LogP contribution in [0.4, 0.5) is 5.69 Å². The van der Waals surface area contributed by atoms with E-state index in [1.165, 1.54) is 0 Å². The summed E-state index contributed by atoms with van der Waals surface area (Å²) in [5.41, 5.74) is 10.8. The van der Waals surface area contributed by atoms with Crippen molar-refractivity contribution >= 4 is 27.6 Å². The Hall–Kier alpha value is -3.99. The zero-order chi connectivity index (χ0) is 20.0. The van der Waals surface area contributed by atoms with E-state index in [-0.39, 0.29) is 11.2 Å². The summed E-state index contributed by atoms with van der Waals surface area (Å²) in [6.07, 6.45) is 0.535. The molecule has 5 heteroatoms. The Morgan fingerprint density at radius 3 is 2.48 bits per heavy atom. The highest BCUT2D eigenvalue weighted by molar-refractivity contribution is 6.00. The average Bonchev–Trinajstić information content (AvgIpc) is 3.09. The van der Waals surface area contributed by atoms with Crippen molar-refractivity contribution in [1.82, 2.24) is 4.98 Å². The van der Waals surface area contributed by atoms with Crippen LogP contribution in [-0.2, 0) is 6.42 Å². The van der Waals surface area contributed by atoms with E-state index in [1.54, 1.807) is 30.3 Å². The van der Waals surface area contributed by atoms with Crippen molar-refractivity contribution in [2.45, 2.75) is 6.42 Å². The van der Waals surface area contributed by atoms with Crippen molar-refractivity contribution < 1.29 is 9.52 Å². The van der Waals surface area contributed by atoms with Crippen molar-refractivity contribution in [3.8, 4) is 17.0 Å². The summed E-state index contributed by atoms with van der Waals surface area (Å²) in [5, 5.41) is 10.5. The van der Waals surface area contributed by atoms with Crippen molar-refractivity contribution in [1.29, 1.82) is 0 Å². The number of nitrogens with two attached hydrogens (primary N) is 1. The highest BCUT2D eigenvalue weighted by Crippen LogP contribution is 2.32. The second-order valence-corrected chi connectivity index (χ2v) is 7.08. The zero-order valence-electron chi connectivity index (χ0n) is 15.5. The van der Waals surface area contributed by atoms with Gasteiger partial charge in [-0.3, -0.25) is 4.79 Å². The number of aromatic nitrogens is 1. The number of phenols is 1.